The van der Waals surface area contributed by atoms with Crippen LogP contribution in [0.15, 0.2) is 48.5 Å². The first-order chi connectivity index (χ1) is 9.70. The molecular weight excluding hydrogens is 258 g/mol. The Bertz CT molecular complexity index is 584. The van der Waals surface area contributed by atoms with Crippen molar-refractivity contribution in [2.45, 2.75) is 6.42 Å². The highest BCUT2D eigenvalue weighted by Gasteiger charge is 2.12. The summed E-state index contributed by atoms with van der Waals surface area (Å²) >= 11 is 0. The average Bonchev–Trinajstić information content (AvgIpc) is 2.48. The molecule has 0 bridgehead atoms. The van der Waals surface area contributed by atoms with E-state index in [-0.39, 0.29) is 5.69 Å². The van der Waals surface area contributed by atoms with Crippen LogP contribution in [0.4, 0.5) is 5.69 Å². The Kier molecular flexibility index (Phi) is 4.55. The molecule has 5 nitrogen and oxygen atoms in total. The van der Waals surface area contributed by atoms with Gasteiger partial charge in [0.1, 0.15) is 0 Å². The zero-order valence-corrected chi connectivity index (χ0v) is 11.1. The van der Waals surface area contributed by atoms with Gasteiger partial charge in [0.05, 0.1) is 24.7 Å². The number of hydrogen-bond acceptors (Lipinski definition) is 4. The minimum atomic E-state index is -0.462. The summed E-state index contributed by atoms with van der Waals surface area (Å²) < 4.78 is 10.7. The zero-order chi connectivity index (χ0) is 14.4. The van der Waals surface area contributed by atoms with Crippen molar-refractivity contribution >= 4 is 5.69 Å². The molecule has 104 valence electrons. The van der Waals surface area contributed by atoms with Crippen LogP contribution in [0.1, 0.15) is 5.56 Å². The number of non-ortho nitro benzene ring substituents is 1. The summed E-state index contributed by atoms with van der Waals surface area (Å²) in [7, 11) is 1.46. The summed E-state index contributed by atoms with van der Waals surface area (Å²) in [5.41, 5.74) is 1.16. The van der Waals surface area contributed by atoms with Crippen molar-refractivity contribution in [2.24, 2.45) is 0 Å². The Morgan fingerprint density at radius 2 is 1.85 bits per heavy atom. The van der Waals surface area contributed by atoms with Crippen molar-refractivity contribution < 1.29 is 14.4 Å². The van der Waals surface area contributed by atoms with E-state index in [9.17, 15) is 10.1 Å². The van der Waals surface area contributed by atoms with Crippen LogP contribution in [-0.2, 0) is 6.42 Å². The van der Waals surface area contributed by atoms with Gasteiger partial charge in [-0.15, -0.1) is 0 Å². The minimum absolute atomic E-state index is 0.0164. The lowest BCUT2D eigenvalue weighted by Crippen LogP contribution is -2.03. The van der Waals surface area contributed by atoms with Crippen molar-refractivity contribution in [2.75, 3.05) is 13.7 Å². The van der Waals surface area contributed by atoms with E-state index in [2.05, 4.69) is 0 Å². The molecule has 2 aromatic rings. The molecule has 2 aromatic carbocycles. The van der Waals surface area contributed by atoms with E-state index in [0.717, 1.165) is 6.42 Å². The maximum Gasteiger partial charge on any atom is 0.273 e. The standard InChI is InChI=1S/C15H15NO4/c1-19-15-11-13(16(17)18)7-8-14(15)20-10-9-12-5-3-2-4-6-12/h2-8,11H,9-10H2,1H3. The van der Waals surface area contributed by atoms with E-state index in [4.69, 9.17) is 9.47 Å². The van der Waals surface area contributed by atoms with Gasteiger partial charge < -0.3 is 9.47 Å². The molecule has 0 unspecified atom stereocenters. The molecular formula is C15H15NO4. The summed E-state index contributed by atoms with van der Waals surface area (Å²) in [5.74, 6) is 0.876. The molecule has 0 radical (unpaired) electrons. The molecule has 0 fully saturated rings. The topological polar surface area (TPSA) is 61.6 Å². The number of benzene rings is 2. The van der Waals surface area contributed by atoms with Crippen molar-refractivity contribution in [3.05, 3.63) is 64.2 Å². The van der Waals surface area contributed by atoms with E-state index in [1.807, 2.05) is 30.3 Å². The van der Waals surface area contributed by atoms with E-state index >= 15 is 0 Å². The van der Waals surface area contributed by atoms with Gasteiger partial charge in [-0.3, -0.25) is 10.1 Å². The number of nitrogens with zero attached hydrogens (tertiary/aromatic N) is 1. The number of methoxy groups -OCH3 is 1. The smallest absolute Gasteiger partial charge is 0.273 e. The molecule has 0 aliphatic carbocycles. The van der Waals surface area contributed by atoms with Crippen LogP contribution in [0.2, 0.25) is 0 Å². The molecule has 0 saturated carbocycles. The van der Waals surface area contributed by atoms with Crippen LogP contribution < -0.4 is 9.47 Å². The molecule has 0 aliphatic rings. The van der Waals surface area contributed by atoms with Crippen LogP contribution in [0.5, 0.6) is 11.5 Å². The average molecular weight is 273 g/mol. The van der Waals surface area contributed by atoms with E-state index in [1.165, 1.54) is 24.8 Å². The highest BCUT2D eigenvalue weighted by molar-refractivity contribution is 5.48. The fourth-order valence-corrected chi connectivity index (χ4v) is 1.81. The van der Waals surface area contributed by atoms with Gasteiger partial charge in [0.2, 0.25) is 0 Å². The lowest BCUT2D eigenvalue weighted by Gasteiger charge is -2.10. The van der Waals surface area contributed by atoms with Gasteiger partial charge >= 0.3 is 0 Å². The first-order valence-corrected chi connectivity index (χ1v) is 6.20. The Hall–Kier alpha value is -2.56. The highest BCUT2D eigenvalue weighted by atomic mass is 16.6. The molecule has 0 N–H and O–H groups in total. The lowest BCUT2D eigenvalue weighted by atomic mass is 10.2. The normalized spacial score (nSPS) is 10.1. The van der Waals surface area contributed by atoms with Gasteiger partial charge in [-0.2, -0.15) is 0 Å². The molecule has 0 heterocycles. The second-order valence-electron chi connectivity index (χ2n) is 4.18. The fraction of sp³-hybridized carbons (Fsp3) is 0.200. The number of nitro groups is 1. The van der Waals surface area contributed by atoms with E-state index in [1.54, 1.807) is 6.07 Å². The Balaban J connectivity index is 2.00. The van der Waals surface area contributed by atoms with Crippen molar-refractivity contribution in [1.82, 2.24) is 0 Å². The molecule has 2 rings (SSSR count). The second kappa shape index (κ2) is 6.56. The molecule has 0 amide bonds. The molecule has 0 atom stereocenters. The van der Waals surface area contributed by atoms with Crippen LogP contribution in [0.3, 0.4) is 0 Å². The summed E-state index contributed by atoms with van der Waals surface area (Å²) in [4.78, 5) is 10.2. The maximum atomic E-state index is 10.7. The van der Waals surface area contributed by atoms with Crippen LogP contribution in [-0.4, -0.2) is 18.6 Å². The minimum Gasteiger partial charge on any atom is -0.493 e. The number of nitro benzene ring substituents is 1. The number of hydrogen-bond donors (Lipinski definition) is 0. The third kappa shape index (κ3) is 3.47. The molecule has 0 saturated heterocycles. The quantitative estimate of drug-likeness (QED) is 0.599. The SMILES string of the molecule is COc1cc([N+](=O)[O-])ccc1OCCc1ccccc1. The zero-order valence-electron chi connectivity index (χ0n) is 11.1. The lowest BCUT2D eigenvalue weighted by molar-refractivity contribution is -0.384. The van der Waals surface area contributed by atoms with E-state index < -0.39 is 4.92 Å². The Morgan fingerprint density at radius 1 is 1.10 bits per heavy atom. The van der Waals surface area contributed by atoms with Gasteiger partial charge in [0, 0.05) is 12.5 Å². The van der Waals surface area contributed by atoms with Crippen LogP contribution >= 0.6 is 0 Å². The summed E-state index contributed by atoms with van der Waals surface area (Å²) in [6.45, 7) is 0.484. The van der Waals surface area contributed by atoms with Gasteiger partial charge in [0.25, 0.3) is 5.69 Å². The monoisotopic (exact) mass is 273 g/mol. The van der Waals surface area contributed by atoms with Gasteiger partial charge in [-0.1, -0.05) is 30.3 Å². The Labute approximate surface area is 116 Å². The molecule has 0 spiro atoms. The summed E-state index contributed by atoms with van der Waals surface area (Å²) in [6.07, 6.45) is 0.765. The molecule has 5 heteroatoms. The van der Waals surface area contributed by atoms with E-state index in [0.29, 0.717) is 18.1 Å². The predicted molar refractivity (Wildman–Crippen MR) is 75.3 cm³/mol. The first kappa shape index (κ1) is 13.9. The molecule has 20 heavy (non-hydrogen) atoms. The largest absolute Gasteiger partial charge is 0.493 e. The van der Waals surface area contributed by atoms with Crippen molar-refractivity contribution in [3.8, 4) is 11.5 Å². The third-order valence-electron chi connectivity index (χ3n) is 2.85. The second-order valence-corrected chi connectivity index (χ2v) is 4.18. The number of rotatable bonds is 6. The Morgan fingerprint density at radius 3 is 2.50 bits per heavy atom. The highest BCUT2D eigenvalue weighted by Crippen LogP contribution is 2.31. The van der Waals surface area contributed by atoms with Crippen molar-refractivity contribution in [3.63, 3.8) is 0 Å². The summed E-state index contributed by atoms with van der Waals surface area (Å²) in [6, 6.07) is 14.3. The molecule has 0 aliphatic heterocycles. The first-order valence-electron chi connectivity index (χ1n) is 6.20. The predicted octanol–water partition coefficient (Wildman–Crippen LogP) is 3.22. The number of ether oxygens (including phenoxy) is 2. The van der Waals surface area contributed by atoms with Gasteiger partial charge in [-0.25, -0.2) is 0 Å². The molecule has 0 aromatic heterocycles. The summed E-state index contributed by atoms with van der Waals surface area (Å²) in [5, 5.41) is 10.7. The van der Waals surface area contributed by atoms with Gasteiger partial charge in [0.15, 0.2) is 11.5 Å². The third-order valence-corrected chi connectivity index (χ3v) is 2.85. The van der Waals surface area contributed by atoms with Crippen LogP contribution in [0, 0.1) is 10.1 Å². The van der Waals surface area contributed by atoms with Crippen LogP contribution in [0.25, 0.3) is 0 Å². The van der Waals surface area contributed by atoms with Crippen molar-refractivity contribution in [1.29, 1.82) is 0 Å². The fourth-order valence-electron chi connectivity index (χ4n) is 1.81. The van der Waals surface area contributed by atoms with Gasteiger partial charge in [-0.05, 0) is 11.6 Å². The maximum absolute atomic E-state index is 10.7.